The molecular weight excluding hydrogens is 236 g/mol. The van der Waals surface area contributed by atoms with Crippen LogP contribution in [0.4, 0.5) is 0 Å². The molecule has 0 aliphatic heterocycles. The number of hydrogen-bond acceptors (Lipinski definition) is 2. The lowest BCUT2D eigenvalue weighted by Gasteiger charge is -2.42. The second-order valence-electron chi connectivity index (χ2n) is 7.31. The summed E-state index contributed by atoms with van der Waals surface area (Å²) in [6, 6.07) is 0. The van der Waals surface area contributed by atoms with E-state index in [1.54, 1.807) is 0 Å². The molecule has 2 heteroatoms. The minimum atomic E-state index is -0.0687. The molecule has 19 heavy (non-hydrogen) atoms. The molecule has 2 N–H and O–H groups in total. The van der Waals surface area contributed by atoms with Crippen molar-refractivity contribution in [1.29, 1.82) is 0 Å². The highest BCUT2D eigenvalue weighted by atomic mass is 16.3. The zero-order valence-corrected chi connectivity index (χ0v) is 12.9. The van der Waals surface area contributed by atoms with Crippen LogP contribution in [0, 0.1) is 29.6 Å². The first-order chi connectivity index (χ1) is 9.02. The maximum Gasteiger partial charge on any atom is 0.0566 e. The predicted molar refractivity (Wildman–Crippen MR) is 78.8 cm³/mol. The van der Waals surface area contributed by atoms with Crippen LogP contribution in [0.1, 0.15) is 65.7 Å². The van der Waals surface area contributed by atoms with Crippen molar-refractivity contribution < 1.29 is 10.2 Å². The number of hydrogen-bond donors (Lipinski definition) is 2. The van der Waals surface area contributed by atoms with Crippen LogP contribution in [-0.2, 0) is 0 Å². The first-order valence-corrected chi connectivity index (χ1v) is 8.39. The maximum atomic E-state index is 9.90. The number of aliphatic hydroxyl groups is 2. The molecule has 6 unspecified atom stereocenters. The van der Waals surface area contributed by atoms with E-state index in [9.17, 15) is 10.2 Å². The van der Waals surface area contributed by atoms with Crippen molar-refractivity contribution >= 4 is 0 Å². The fraction of sp³-hybridized carbons (Fsp3) is 1.00. The Morgan fingerprint density at radius 1 is 0.842 bits per heavy atom. The molecule has 0 saturated heterocycles. The summed E-state index contributed by atoms with van der Waals surface area (Å²) in [5, 5.41) is 19.8. The Balaban J connectivity index is 1.96. The third kappa shape index (κ3) is 3.52. The highest BCUT2D eigenvalue weighted by molar-refractivity contribution is 4.87. The second kappa shape index (κ2) is 6.58. The van der Waals surface area contributed by atoms with Crippen LogP contribution in [-0.4, -0.2) is 22.4 Å². The maximum absolute atomic E-state index is 9.90. The van der Waals surface area contributed by atoms with Crippen LogP contribution in [0.2, 0.25) is 0 Å². The molecule has 0 aromatic carbocycles. The monoisotopic (exact) mass is 268 g/mol. The molecule has 2 saturated carbocycles. The molecule has 0 spiro atoms. The Hall–Kier alpha value is -0.0800. The molecule has 0 heterocycles. The average molecular weight is 268 g/mol. The highest BCUT2D eigenvalue weighted by Gasteiger charge is 2.37. The molecule has 6 atom stereocenters. The van der Waals surface area contributed by atoms with Gasteiger partial charge >= 0.3 is 0 Å². The number of aliphatic hydroxyl groups excluding tert-OH is 2. The third-order valence-corrected chi connectivity index (χ3v) is 6.01. The molecule has 2 fully saturated rings. The van der Waals surface area contributed by atoms with Gasteiger partial charge in [0.25, 0.3) is 0 Å². The molecule has 2 rings (SSSR count). The lowest BCUT2D eigenvalue weighted by Crippen LogP contribution is -2.37. The Morgan fingerprint density at radius 3 is 1.58 bits per heavy atom. The summed E-state index contributed by atoms with van der Waals surface area (Å²) in [6.45, 7) is 6.74. The second-order valence-corrected chi connectivity index (χ2v) is 7.31. The van der Waals surface area contributed by atoms with E-state index in [4.69, 9.17) is 0 Å². The Labute approximate surface area is 118 Å². The van der Waals surface area contributed by atoms with E-state index in [0.29, 0.717) is 11.8 Å². The SMILES string of the molecule is CCC(C1CCC(O)C(C)C1)C1CCC(O)C(C)C1. The van der Waals surface area contributed by atoms with Crippen molar-refractivity contribution in [2.75, 3.05) is 0 Å². The topological polar surface area (TPSA) is 40.5 Å². The van der Waals surface area contributed by atoms with E-state index >= 15 is 0 Å². The Kier molecular flexibility index (Phi) is 5.30. The quantitative estimate of drug-likeness (QED) is 0.821. The molecule has 112 valence electrons. The van der Waals surface area contributed by atoms with Crippen LogP contribution >= 0.6 is 0 Å². The van der Waals surface area contributed by atoms with Crippen LogP contribution in [0.5, 0.6) is 0 Å². The molecule has 2 nitrogen and oxygen atoms in total. The van der Waals surface area contributed by atoms with E-state index in [2.05, 4.69) is 20.8 Å². The van der Waals surface area contributed by atoms with Gasteiger partial charge in [-0.2, -0.15) is 0 Å². The molecule has 2 aliphatic rings. The summed E-state index contributed by atoms with van der Waals surface area (Å²) in [5.41, 5.74) is 0. The normalized spacial score (nSPS) is 45.9. The molecule has 0 amide bonds. The first-order valence-electron chi connectivity index (χ1n) is 8.39. The van der Waals surface area contributed by atoms with Gasteiger partial charge in [0, 0.05) is 0 Å². The standard InChI is InChI=1S/C17H32O2/c1-4-15(13-5-7-16(18)11(2)9-13)14-6-8-17(19)12(3)10-14/h11-19H,4-10H2,1-3H3. The fourth-order valence-corrected chi connectivity index (χ4v) is 4.67. The van der Waals surface area contributed by atoms with Gasteiger partial charge in [0.05, 0.1) is 12.2 Å². The third-order valence-electron chi connectivity index (χ3n) is 6.01. The molecule has 0 aromatic heterocycles. The first kappa shape index (κ1) is 15.3. The van der Waals surface area contributed by atoms with Gasteiger partial charge in [0.2, 0.25) is 0 Å². The Morgan fingerprint density at radius 2 is 1.26 bits per heavy atom. The molecule has 0 radical (unpaired) electrons. The summed E-state index contributed by atoms with van der Waals surface area (Å²) in [7, 11) is 0. The van der Waals surface area contributed by atoms with E-state index < -0.39 is 0 Å². The van der Waals surface area contributed by atoms with E-state index in [1.807, 2.05) is 0 Å². The van der Waals surface area contributed by atoms with Gasteiger partial charge in [-0.25, -0.2) is 0 Å². The van der Waals surface area contributed by atoms with E-state index in [1.165, 1.54) is 32.1 Å². The smallest absolute Gasteiger partial charge is 0.0566 e. The molecule has 2 aliphatic carbocycles. The summed E-state index contributed by atoms with van der Waals surface area (Å²) in [5.74, 6) is 3.36. The van der Waals surface area contributed by atoms with Crippen LogP contribution in [0.3, 0.4) is 0 Å². The van der Waals surface area contributed by atoms with Gasteiger partial charge < -0.3 is 10.2 Å². The highest BCUT2D eigenvalue weighted by Crippen LogP contribution is 2.44. The average Bonchev–Trinajstić information content (AvgIpc) is 2.39. The zero-order chi connectivity index (χ0) is 14.0. The summed E-state index contributed by atoms with van der Waals surface area (Å²) >= 11 is 0. The molecule has 0 bridgehead atoms. The lowest BCUT2D eigenvalue weighted by molar-refractivity contribution is 0.00117. The van der Waals surface area contributed by atoms with Gasteiger partial charge in [-0.15, -0.1) is 0 Å². The lowest BCUT2D eigenvalue weighted by atomic mass is 9.64. The van der Waals surface area contributed by atoms with Gasteiger partial charge in [0.15, 0.2) is 0 Å². The van der Waals surface area contributed by atoms with E-state index in [0.717, 1.165) is 30.6 Å². The van der Waals surface area contributed by atoms with Crippen molar-refractivity contribution in [3.05, 3.63) is 0 Å². The van der Waals surface area contributed by atoms with Crippen molar-refractivity contribution in [3.8, 4) is 0 Å². The van der Waals surface area contributed by atoms with Gasteiger partial charge in [-0.1, -0.05) is 27.2 Å². The largest absolute Gasteiger partial charge is 0.393 e. The fourth-order valence-electron chi connectivity index (χ4n) is 4.67. The van der Waals surface area contributed by atoms with Crippen LogP contribution in [0.15, 0.2) is 0 Å². The van der Waals surface area contributed by atoms with Crippen LogP contribution < -0.4 is 0 Å². The summed E-state index contributed by atoms with van der Waals surface area (Å²) < 4.78 is 0. The zero-order valence-electron chi connectivity index (χ0n) is 12.9. The van der Waals surface area contributed by atoms with Crippen LogP contribution in [0.25, 0.3) is 0 Å². The van der Waals surface area contributed by atoms with Gasteiger partial charge in [-0.3, -0.25) is 0 Å². The molecule has 0 aromatic rings. The van der Waals surface area contributed by atoms with Gasteiger partial charge in [0.1, 0.15) is 0 Å². The van der Waals surface area contributed by atoms with Crippen molar-refractivity contribution in [2.24, 2.45) is 29.6 Å². The van der Waals surface area contributed by atoms with Crippen molar-refractivity contribution in [3.63, 3.8) is 0 Å². The summed E-state index contributed by atoms with van der Waals surface area (Å²) in [4.78, 5) is 0. The summed E-state index contributed by atoms with van der Waals surface area (Å²) in [6.07, 6.45) is 7.93. The van der Waals surface area contributed by atoms with Crippen molar-refractivity contribution in [1.82, 2.24) is 0 Å². The van der Waals surface area contributed by atoms with E-state index in [-0.39, 0.29) is 12.2 Å². The van der Waals surface area contributed by atoms with Gasteiger partial charge in [-0.05, 0) is 68.1 Å². The minimum Gasteiger partial charge on any atom is -0.393 e. The predicted octanol–water partition coefficient (Wildman–Crippen LogP) is 3.61. The molecular formula is C17H32O2. The Bertz CT molecular complexity index is 252. The minimum absolute atomic E-state index is 0.0687. The number of rotatable bonds is 3. The van der Waals surface area contributed by atoms with Crippen molar-refractivity contribution in [2.45, 2.75) is 77.9 Å².